The normalized spacial score (nSPS) is 19.6. The number of aliphatic carboxylic acids is 2. The van der Waals surface area contributed by atoms with Gasteiger partial charge in [-0.3, -0.25) is 19.7 Å². The van der Waals surface area contributed by atoms with Crippen molar-refractivity contribution in [3.05, 3.63) is 35.9 Å². The molecule has 0 radical (unpaired) electrons. The van der Waals surface area contributed by atoms with E-state index in [9.17, 15) is 24.3 Å². The van der Waals surface area contributed by atoms with Crippen LogP contribution in [0, 0.1) is 0 Å². The van der Waals surface area contributed by atoms with E-state index in [1.807, 2.05) is 30.3 Å². The first kappa shape index (κ1) is 25.3. The molecule has 5 atom stereocenters. The molecule has 1 fully saturated rings. The number of hydrogen-bond donors (Lipinski definition) is 4. The second kappa shape index (κ2) is 11.6. The maximum atomic E-state index is 12.9. The summed E-state index contributed by atoms with van der Waals surface area (Å²) < 4.78 is 5.26. The summed E-state index contributed by atoms with van der Waals surface area (Å²) in [5, 5.41) is 21.3. The van der Waals surface area contributed by atoms with E-state index in [0.29, 0.717) is 25.8 Å². The molecule has 176 valence electrons. The summed E-state index contributed by atoms with van der Waals surface area (Å²) in [5.41, 5.74) is 6.51. The van der Waals surface area contributed by atoms with Gasteiger partial charge in [-0.15, -0.1) is 0 Å². The average Bonchev–Trinajstić information content (AvgIpc) is 3.26. The van der Waals surface area contributed by atoms with Crippen molar-refractivity contribution >= 4 is 23.8 Å². The van der Waals surface area contributed by atoms with Crippen molar-refractivity contribution < 1.29 is 34.1 Å². The van der Waals surface area contributed by atoms with Gasteiger partial charge in [0.05, 0.1) is 6.04 Å². The Morgan fingerprint density at radius 1 is 1.19 bits per heavy atom. The zero-order valence-electron chi connectivity index (χ0n) is 18.3. The molecular weight excluding hydrogens is 418 g/mol. The van der Waals surface area contributed by atoms with Crippen LogP contribution < -0.4 is 11.1 Å². The maximum Gasteiger partial charge on any atom is 0.326 e. The number of aryl methyl sites for hydroxylation is 1. The number of carbonyl (C=O) groups is 4. The molecule has 10 nitrogen and oxygen atoms in total. The number of ether oxygens (including phenoxy) is 1. The van der Waals surface area contributed by atoms with Crippen LogP contribution in [-0.2, 0) is 30.3 Å². The molecule has 1 aromatic rings. The number of nitrogens with one attached hydrogen (secondary N) is 1. The Labute approximate surface area is 186 Å². The summed E-state index contributed by atoms with van der Waals surface area (Å²) in [5.74, 6) is -3.49. The molecule has 0 aliphatic carbocycles. The summed E-state index contributed by atoms with van der Waals surface area (Å²) in [6.07, 6.45) is 0.715. The number of likely N-dealkylation sites (tertiary alicyclic amines) is 1. The van der Waals surface area contributed by atoms with Crippen molar-refractivity contribution in [2.24, 2.45) is 5.73 Å². The van der Waals surface area contributed by atoms with Crippen LogP contribution >= 0.6 is 0 Å². The largest absolute Gasteiger partial charge is 0.480 e. The van der Waals surface area contributed by atoms with E-state index < -0.39 is 54.1 Å². The SMILES string of the molecule is C[C@H](N[C@@H](CCc1ccccc1)C(=O)O[C@H](C)[C@H](N)C(=O)O)C(=O)N1CCC[C@H]1C(=O)O. The predicted octanol–water partition coefficient (Wildman–Crippen LogP) is 0.385. The van der Waals surface area contributed by atoms with Gasteiger partial charge in [-0.25, -0.2) is 4.79 Å². The molecule has 0 spiro atoms. The fourth-order valence-electron chi connectivity index (χ4n) is 3.67. The van der Waals surface area contributed by atoms with Crippen LogP contribution in [0.25, 0.3) is 0 Å². The van der Waals surface area contributed by atoms with Crippen molar-refractivity contribution in [1.29, 1.82) is 0 Å². The van der Waals surface area contributed by atoms with Gasteiger partial charge in [-0.05, 0) is 45.1 Å². The molecule has 0 saturated carbocycles. The van der Waals surface area contributed by atoms with Crippen molar-refractivity contribution in [2.75, 3.05) is 6.54 Å². The molecular formula is C22H31N3O7. The van der Waals surface area contributed by atoms with E-state index in [1.54, 1.807) is 6.92 Å². The first-order valence-corrected chi connectivity index (χ1v) is 10.6. The number of hydrogen-bond acceptors (Lipinski definition) is 7. The van der Waals surface area contributed by atoms with Crippen molar-refractivity contribution in [3.63, 3.8) is 0 Å². The minimum absolute atomic E-state index is 0.290. The fourth-order valence-corrected chi connectivity index (χ4v) is 3.67. The number of nitrogens with zero attached hydrogens (tertiary/aromatic N) is 1. The molecule has 32 heavy (non-hydrogen) atoms. The average molecular weight is 450 g/mol. The number of carbonyl (C=O) groups excluding carboxylic acids is 2. The quantitative estimate of drug-likeness (QED) is 0.350. The second-order valence-electron chi connectivity index (χ2n) is 8.00. The van der Waals surface area contributed by atoms with E-state index in [2.05, 4.69) is 5.32 Å². The lowest BCUT2D eigenvalue weighted by Crippen LogP contribution is -2.54. The number of esters is 1. The summed E-state index contributed by atoms with van der Waals surface area (Å²) >= 11 is 0. The Kier molecular flexibility index (Phi) is 9.15. The van der Waals surface area contributed by atoms with E-state index >= 15 is 0 Å². The fraction of sp³-hybridized carbons (Fsp3) is 0.545. The predicted molar refractivity (Wildman–Crippen MR) is 115 cm³/mol. The number of carboxylic acids is 2. The van der Waals surface area contributed by atoms with Gasteiger partial charge in [-0.1, -0.05) is 30.3 Å². The maximum absolute atomic E-state index is 12.9. The second-order valence-corrected chi connectivity index (χ2v) is 8.00. The van der Waals surface area contributed by atoms with Crippen molar-refractivity contribution in [2.45, 2.75) is 69.8 Å². The lowest BCUT2D eigenvalue weighted by Gasteiger charge is -2.28. The van der Waals surface area contributed by atoms with Crippen LogP contribution in [0.15, 0.2) is 30.3 Å². The number of rotatable bonds is 11. The highest BCUT2D eigenvalue weighted by atomic mass is 16.5. The van der Waals surface area contributed by atoms with Crippen molar-refractivity contribution in [3.8, 4) is 0 Å². The third-order valence-electron chi connectivity index (χ3n) is 5.58. The molecule has 1 amide bonds. The first-order chi connectivity index (χ1) is 15.1. The molecule has 5 N–H and O–H groups in total. The molecule has 10 heteroatoms. The molecule has 1 aliphatic rings. The Hall–Kier alpha value is -2.98. The van der Waals surface area contributed by atoms with Gasteiger partial charge in [0.2, 0.25) is 5.91 Å². The van der Waals surface area contributed by atoms with Crippen LogP contribution in [-0.4, -0.2) is 75.7 Å². The molecule has 1 saturated heterocycles. The summed E-state index contributed by atoms with van der Waals surface area (Å²) in [7, 11) is 0. The molecule has 0 unspecified atom stereocenters. The van der Waals surface area contributed by atoms with Gasteiger partial charge in [0.1, 0.15) is 24.2 Å². The highest BCUT2D eigenvalue weighted by Crippen LogP contribution is 2.19. The number of amides is 1. The summed E-state index contributed by atoms with van der Waals surface area (Å²) in [6, 6.07) is 5.41. The third kappa shape index (κ3) is 6.76. The van der Waals surface area contributed by atoms with Crippen LogP contribution in [0.2, 0.25) is 0 Å². The van der Waals surface area contributed by atoms with Gasteiger partial charge in [0.15, 0.2) is 0 Å². The molecule has 1 heterocycles. The van der Waals surface area contributed by atoms with E-state index in [-0.39, 0.29) is 6.42 Å². The van der Waals surface area contributed by atoms with E-state index in [1.165, 1.54) is 11.8 Å². The zero-order chi connectivity index (χ0) is 23.8. The molecule has 1 aliphatic heterocycles. The van der Waals surface area contributed by atoms with Crippen LogP contribution in [0.4, 0.5) is 0 Å². The molecule has 0 bridgehead atoms. The first-order valence-electron chi connectivity index (χ1n) is 10.6. The zero-order valence-corrected chi connectivity index (χ0v) is 18.3. The van der Waals surface area contributed by atoms with Gasteiger partial charge in [0, 0.05) is 6.54 Å². The van der Waals surface area contributed by atoms with Crippen LogP contribution in [0.5, 0.6) is 0 Å². The third-order valence-corrected chi connectivity index (χ3v) is 5.58. The molecule has 2 rings (SSSR count). The van der Waals surface area contributed by atoms with E-state index in [4.69, 9.17) is 15.6 Å². The van der Waals surface area contributed by atoms with Crippen LogP contribution in [0.3, 0.4) is 0 Å². The minimum atomic E-state index is -1.38. The highest BCUT2D eigenvalue weighted by molar-refractivity contribution is 5.88. The van der Waals surface area contributed by atoms with E-state index in [0.717, 1.165) is 5.56 Å². The van der Waals surface area contributed by atoms with Gasteiger partial charge in [-0.2, -0.15) is 0 Å². The van der Waals surface area contributed by atoms with Gasteiger partial charge < -0.3 is 25.6 Å². The Morgan fingerprint density at radius 3 is 2.44 bits per heavy atom. The standard InChI is InChI=1S/C22H31N3O7/c1-13(19(26)25-12-6-9-17(25)20(27)28)24-16(11-10-15-7-4-3-5-8-15)22(31)32-14(2)18(23)21(29)30/h3-5,7-8,13-14,16-18,24H,6,9-12,23H2,1-2H3,(H,27,28)(H,29,30)/t13-,14+,16-,17-,18-/m0/s1. The summed E-state index contributed by atoms with van der Waals surface area (Å²) in [4.78, 5) is 49.5. The lowest BCUT2D eigenvalue weighted by atomic mass is 10.0. The Bertz CT molecular complexity index is 817. The Balaban J connectivity index is 2.10. The lowest BCUT2D eigenvalue weighted by molar-refractivity contribution is -0.156. The number of carboxylic acid groups (broad SMARTS) is 2. The van der Waals surface area contributed by atoms with Gasteiger partial charge in [0.25, 0.3) is 0 Å². The smallest absolute Gasteiger partial charge is 0.326 e. The molecule has 1 aromatic carbocycles. The van der Waals surface area contributed by atoms with Crippen LogP contribution in [0.1, 0.15) is 38.7 Å². The van der Waals surface area contributed by atoms with Crippen molar-refractivity contribution in [1.82, 2.24) is 10.2 Å². The number of benzene rings is 1. The summed E-state index contributed by atoms with van der Waals surface area (Å²) in [6.45, 7) is 3.29. The number of nitrogens with two attached hydrogens (primary N) is 1. The Morgan fingerprint density at radius 2 is 1.84 bits per heavy atom. The topological polar surface area (TPSA) is 159 Å². The van der Waals surface area contributed by atoms with Gasteiger partial charge >= 0.3 is 17.9 Å². The highest BCUT2D eigenvalue weighted by Gasteiger charge is 2.37. The minimum Gasteiger partial charge on any atom is -0.480 e. The molecule has 0 aromatic heterocycles. The monoisotopic (exact) mass is 449 g/mol.